The van der Waals surface area contributed by atoms with Crippen molar-refractivity contribution in [2.75, 3.05) is 31.1 Å². The number of hydrogen-bond donors (Lipinski definition) is 0. The summed E-state index contributed by atoms with van der Waals surface area (Å²) in [5.41, 5.74) is 0.445. The van der Waals surface area contributed by atoms with Gasteiger partial charge in [0.1, 0.15) is 22.3 Å². The predicted molar refractivity (Wildman–Crippen MR) is 98.4 cm³/mol. The molecule has 1 aliphatic heterocycles. The molecule has 1 aliphatic rings. The van der Waals surface area contributed by atoms with E-state index in [2.05, 4.69) is 36.9 Å². The smallest absolute Gasteiger partial charge is 0.410 e. The van der Waals surface area contributed by atoms with E-state index in [0.29, 0.717) is 32.6 Å². The Balaban J connectivity index is 2.10. The van der Waals surface area contributed by atoms with Crippen LogP contribution in [-0.4, -0.2) is 52.7 Å². The fourth-order valence-corrected chi connectivity index (χ4v) is 3.37. The van der Waals surface area contributed by atoms with Gasteiger partial charge in [0.05, 0.1) is 6.07 Å². The van der Waals surface area contributed by atoms with Crippen molar-refractivity contribution in [2.24, 2.45) is 0 Å². The molecule has 2 rings (SSSR count). The highest BCUT2D eigenvalue weighted by molar-refractivity contribution is 9.10. The number of carbonyl (C=O) groups excluding carboxylic acids is 1. The number of aromatic nitrogens is 2. The Morgan fingerprint density at radius 2 is 2.00 bits per heavy atom. The summed E-state index contributed by atoms with van der Waals surface area (Å²) in [7, 11) is 0. The van der Waals surface area contributed by atoms with E-state index in [1.807, 2.05) is 27.7 Å². The Morgan fingerprint density at radius 3 is 2.56 bits per heavy atom. The van der Waals surface area contributed by atoms with Gasteiger partial charge in [0.25, 0.3) is 0 Å². The maximum Gasteiger partial charge on any atom is 0.410 e. The minimum absolute atomic E-state index is 0.0273. The maximum absolute atomic E-state index is 12.2. The summed E-state index contributed by atoms with van der Waals surface area (Å²) in [6, 6.07) is 2.20. The number of amides is 1. The summed E-state index contributed by atoms with van der Waals surface area (Å²) in [5, 5.41) is 9.00. The van der Waals surface area contributed by atoms with Crippen LogP contribution in [0.15, 0.2) is 10.9 Å². The van der Waals surface area contributed by atoms with Crippen molar-refractivity contribution < 1.29 is 9.53 Å². The Bertz CT molecular complexity index is 660. The van der Waals surface area contributed by atoms with Crippen LogP contribution in [0.3, 0.4) is 0 Å². The second-order valence-electron chi connectivity index (χ2n) is 7.12. The summed E-state index contributed by atoms with van der Waals surface area (Å²) >= 11 is 3.48. The van der Waals surface area contributed by atoms with Crippen LogP contribution in [0.1, 0.15) is 45.6 Å². The van der Waals surface area contributed by atoms with Gasteiger partial charge in [-0.2, -0.15) is 5.26 Å². The lowest BCUT2D eigenvalue weighted by molar-refractivity contribution is 0.0240. The summed E-state index contributed by atoms with van der Waals surface area (Å²) < 4.78 is 6.15. The number of nitriles is 1. The summed E-state index contributed by atoms with van der Waals surface area (Å²) in [5.74, 6) is 0.855. The molecule has 0 spiro atoms. The van der Waals surface area contributed by atoms with Gasteiger partial charge in [0, 0.05) is 44.1 Å². The monoisotopic (exact) mass is 409 g/mol. The molecular formula is C17H24BrN5O2. The normalized spacial score (nSPS) is 16.3. The van der Waals surface area contributed by atoms with E-state index in [1.54, 1.807) is 4.90 Å². The molecule has 1 aromatic rings. The highest BCUT2D eigenvalue weighted by Gasteiger charge is 2.28. The van der Waals surface area contributed by atoms with Crippen molar-refractivity contribution in [3.05, 3.63) is 16.5 Å². The first-order chi connectivity index (χ1) is 11.7. The first kappa shape index (κ1) is 19.4. The Labute approximate surface area is 157 Å². The largest absolute Gasteiger partial charge is 0.444 e. The molecule has 1 aromatic heterocycles. The van der Waals surface area contributed by atoms with E-state index < -0.39 is 5.60 Å². The fraction of sp³-hybridized carbons (Fsp3) is 0.647. The number of anilines is 1. The van der Waals surface area contributed by atoms with Crippen LogP contribution in [-0.2, 0) is 4.74 Å². The minimum atomic E-state index is -0.494. The molecule has 0 aromatic carbocycles. The summed E-state index contributed by atoms with van der Waals surface area (Å²) in [6.45, 7) is 10.1. The van der Waals surface area contributed by atoms with Crippen molar-refractivity contribution >= 4 is 27.8 Å². The van der Waals surface area contributed by atoms with Crippen molar-refractivity contribution in [1.29, 1.82) is 5.26 Å². The van der Waals surface area contributed by atoms with Gasteiger partial charge < -0.3 is 14.5 Å². The minimum Gasteiger partial charge on any atom is -0.444 e. The molecule has 7 nitrogen and oxygen atoms in total. The molecule has 0 unspecified atom stereocenters. The maximum atomic E-state index is 12.2. The lowest BCUT2D eigenvalue weighted by atomic mass is 10.00. The van der Waals surface area contributed by atoms with E-state index in [0.717, 1.165) is 16.0 Å². The molecule has 1 atom stereocenters. The molecular weight excluding hydrogens is 386 g/mol. The SMILES string of the molecule is C[C@H](CC#N)c1c(Br)ncnc1N1CCN(C(=O)OC(C)(C)C)CC1. The first-order valence-electron chi connectivity index (χ1n) is 8.33. The van der Waals surface area contributed by atoms with Gasteiger partial charge in [-0.1, -0.05) is 6.92 Å². The van der Waals surface area contributed by atoms with Crippen LogP contribution in [0.2, 0.25) is 0 Å². The number of carbonyl (C=O) groups is 1. The molecule has 0 bridgehead atoms. The predicted octanol–water partition coefficient (Wildman–Crippen LogP) is 3.31. The van der Waals surface area contributed by atoms with Crippen LogP contribution in [0.5, 0.6) is 0 Å². The topological polar surface area (TPSA) is 82.4 Å². The number of piperazine rings is 1. The molecule has 0 N–H and O–H groups in total. The van der Waals surface area contributed by atoms with Crippen LogP contribution >= 0.6 is 15.9 Å². The van der Waals surface area contributed by atoms with E-state index in [1.165, 1.54) is 6.33 Å². The van der Waals surface area contributed by atoms with E-state index in [4.69, 9.17) is 10.00 Å². The van der Waals surface area contributed by atoms with Crippen LogP contribution in [0.25, 0.3) is 0 Å². The van der Waals surface area contributed by atoms with Crippen LogP contribution < -0.4 is 4.90 Å². The Kier molecular flexibility index (Phi) is 6.22. The average molecular weight is 410 g/mol. The van der Waals surface area contributed by atoms with Gasteiger partial charge in [-0.05, 0) is 36.7 Å². The third-order valence-corrected chi connectivity index (χ3v) is 4.57. The summed E-state index contributed by atoms with van der Waals surface area (Å²) in [6.07, 6.45) is 1.63. The van der Waals surface area contributed by atoms with Crippen molar-refractivity contribution in [1.82, 2.24) is 14.9 Å². The molecule has 1 fully saturated rings. The fourth-order valence-electron chi connectivity index (χ4n) is 2.71. The third-order valence-electron chi connectivity index (χ3n) is 3.94. The second-order valence-corrected chi connectivity index (χ2v) is 7.87. The van der Waals surface area contributed by atoms with E-state index in [-0.39, 0.29) is 12.0 Å². The van der Waals surface area contributed by atoms with Gasteiger partial charge in [-0.25, -0.2) is 14.8 Å². The van der Waals surface area contributed by atoms with Crippen molar-refractivity contribution in [3.63, 3.8) is 0 Å². The summed E-state index contributed by atoms with van der Waals surface area (Å²) in [4.78, 5) is 24.7. The van der Waals surface area contributed by atoms with Gasteiger partial charge in [-0.3, -0.25) is 0 Å². The molecule has 25 heavy (non-hydrogen) atoms. The van der Waals surface area contributed by atoms with E-state index in [9.17, 15) is 4.79 Å². The number of halogens is 1. The zero-order valence-corrected chi connectivity index (χ0v) is 16.7. The van der Waals surface area contributed by atoms with Gasteiger partial charge in [0.15, 0.2) is 0 Å². The quantitative estimate of drug-likeness (QED) is 0.711. The molecule has 0 saturated carbocycles. The van der Waals surface area contributed by atoms with Crippen LogP contribution in [0.4, 0.5) is 10.6 Å². The molecule has 1 saturated heterocycles. The van der Waals surface area contributed by atoms with Gasteiger partial charge >= 0.3 is 6.09 Å². The van der Waals surface area contributed by atoms with Crippen molar-refractivity contribution in [2.45, 2.75) is 45.6 Å². The molecule has 0 radical (unpaired) electrons. The van der Waals surface area contributed by atoms with Gasteiger partial charge in [0.2, 0.25) is 0 Å². The average Bonchev–Trinajstić information content (AvgIpc) is 2.53. The first-order valence-corrected chi connectivity index (χ1v) is 9.12. The molecule has 8 heteroatoms. The van der Waals surface area contributed by atoms with Crippen LogP contribution in [0, 0.1) is 11.3 Å². The molecule has 0 aliphatic carbocycles. The zero-order chi connectivity index (χ0) is 18.6. The molecule has 2 heterocycles. The number of rotatable bonds is 3. The lowest BCUT2D eigenvalue weighted by Crippen LogP contribution is -2.50. The highest BCUT2D eigenvalue weighted by atomic mass is 79.9. The van der Waals surface area contributed by atoms with Crippen molar-refractivity contribution in [3.8, 4) is 6.07 Å². The third kappa shape index (κ3) is 5.05. The van der Waals surface area contributed by atoms with Gasteiger partial charge in [-0.15, -0.1) is 0 Å². The number of nitrogens with zero attached hydrogens (tertiary/aromatic N) is 5. The standard InChI is InChI=1S/C17H24BrN5O2/c1-12(5-6-19)13-14(18)20-11-21-15(13)22-7-9-23(10-8-22)16(24)25-17(2,3)4/h11-12H,5,7-10H2,1-4H3/t12-/m1/s1. The Morgan fingerprint density at radius 1 is 1.36 bits per heavy atom. The van der Waals surface area contributed by atoms with E-state index >= 15 is 0 Å². The molecule has 1 amide bonds. The Hall–Kier alpha value is -1.88. The highest BCUT2D eigenvalue weighted by Crippen LogP contribution is 2.33. The molecule has 136 valence electrons. The second kappa shape index (κ2) is 8.00. The lowest BCUT2D eigenvalue weighted by Gasteiger charge is -2.37. The number of hydrogen-bond acceptors (Lipinski definition) is 6. The zero-order valence-electron chi connectivity index (χ0n) is 15.1. The number of ether oxygens (including phenoxy) is 1.